The number of ether oxygens (including phenoxy) is 3. The van der Waals surface area contributed by atoms with Crippen molar-refractivity contribution in [1.29, 1.82) is 0 Å². The Morgan fingerprint density at radius 1 is 0.867 bits per heavy atom. The number of rotatable bonds is 6. The fourth-order valence-corrected chi connectivity index (χ4v) is 4.41. The molecule has 3 rings (SSSR count). The third kappa shape index (κ3) is 5.86. The summed E-state index contributed by atoms with van der Waals surface area (Å²) in [5, 5.41) is -0.335. The lowest BCUT2D eigenvalue weighted by molar-refractivity contribution is -0.142. The van der Waals surface area contributed by atoms with Crippen LogP contribution in [0.5, 0.6) is 0 Å². The second kappa shape index (κ2) is 9.80. The second-order valence-corrected chi connectivity index (χ2v) is 8.63. The fourth-order valence-electron chi connectivity index (χ4n) is 3.04. The van der Waals surface area contributed by atoms with E-state index in [1.54, 1.807) is 24.3 Å². The van der Waals surface area contributed by atoms with Gasteiger partial charge in [-0.05, 0) is 38.1 Å². The zero-order chi connectivity index (χ0) is 21.7. The number of hydrogen-bond acceptors (Lipinski definition) is 7. The number of carbonyl (C=O) groups excluding carboxylic acids is 3. The summed E-state index contributed by atoms with van der Waals surface area (Å²) in [5.74, 6) is -1.32. The maximum Gasteiger partial charge on any atom is 0.338 e. The van der Waals surface area contributed by atoms with Gasteiger partial charge in [-0.2, -0.15) is 0 Å². The van der Waals surface area contributed by atoms with E-state index in [1.807, 2.05) is 38.1 Å². The smallest absolute Gasteiger partial charge is 0.338 e. The summed E-state index contributed by atoms with van der Waals surface area (Å²) in [6, 6.07) is 14.2. The van der Waals surface area contributed by atoms with Crippen LogP contribution < -0.4 is 0 Å². The van der Waals surface area contributed by atoms with E-state index in [9.17, 15) is 14.4 Å². The molecule has 158 valence electrons. The molecule has 1 saturated heterocycles. The summed E-state index contributed by atoms with van der Waals surface area (Å²) < 4.78 is 16.4. The van der Waals surface area contributed by atoms with Crippen LogP contribution in [0, 0.1) is 13.8 Å². The first-order valence-electron chi connectivity index (χ1n) is 9.66. The highest BCUT2D eigenvalue weighted by Crippen LogP contribution is 2.37. The molecule has 7 heteroatoms. The molecule has 1 aliphatic rings. The van der Waals surface area contributed by atoms with E-state index < -0.39 is 29.4 Å². The predicted molar refractivity (Wildman–Crippen MR) is 113 cm³/mol. The van der Waals surface area contributed by atoms with Gasteiger partial charge >= 0.3 is 17.9 Å². The van der Waals surface area contributed by atoms with E-state index in [0.717, 1.165) is 11.1 Å². The molecule has 0 bridgehead atoms. The van der Waals surface area contributed by atoms with Gasteiger partial charge in [0.05, 0.1) is 16.4 Å². The summed E-state index contributed by atoms with van der Waals surface area (Å²) >= 11 is 1.33. The van der Waals surface area contributed by atoms with E-state index in [4.69, 9.17) is 14.2 Å². The first-order valence-corrected chi connectivity index (χ1v) is 10.6. The van der Waals surface area contributed by atoms with Crippen LogP contribution in [0.3, 0.4) is 0 Å². The van der Waals surface area contributed by atoms with Crippen LogP contribution in [0.2, 0.25) is 0 Å². The molecule has 2 aromatic rings. The van der Waals surface area contributed by atoms with E-state index >= 15 is 0 Å². The van der Waals surface area contributed by atoms with Gasteiger partial charge in [0.2, 0.25) is 0 Å². The van der Waals surface area contributed by atoms with Gasteiger partial charge in [0.15, 0.2) is 5.44 Å². The van der Waals surface area contributed by atoms with Crippen molar-refractivity contribution in [2.24, 2.45) is 0 Å². The topological polar surface area (TPSA) is 78.9 Å². The summed E-state index contributed by atoms with van der Waals surface area (Å²) in [6.45, 7) is 5.25. The third-order valence-corrected chi connectivity index (χ3v) is 6.06. The minimum absolute atomic E-state index is 0.0426. The first-order chi connectivity index (χ1) is 14.3. The molecule has 1 fully saturated rings. The molecule has 1 aliphatic heterocycles. The van der Waals surface area contributed by atoms with E-state index in [1.165, 1.54) is 18.7 Å². The fraction of sp³-hybridized carbons (Fsp3) is 0.348. The maximum atomic E-state index is 12.5. The van der Waals surface area contributed by atoms with Gasteiger partial charge in [-0.3, -0.25) is 4.79 Å². The number of hydrogen-bond donors (Lipinski definition) is 0. The van der Waals surface area contributed by atoms with Gasteiger partial charge in [0.1, 0.15) is 12.7 Å². The average molecular weight is 429 g/mol. The van der Waals surface area contributed by atoms with Crippen molar-refractivity contribution in [3.63, 3.8) is 0 Å². The van der Waals surface area contributed by atoms with Crippen molar-refractivity contribution in [3.05, 3.63) is 70.8 Å². The van der Waals surface area contributed by atoms with Crippen LogP contribution in [-0.2, 0) is 19.0 Å². The Labute approximate surface area is 179 Å². The van der Waals surface area contributed by atoms with Crippen molar-refractivity contribution < 1.29 is 28.6 Å². The summed E-state index contributed by atoms with van der Waals surface area (Å²) in [7, 11) is 0. The lowest BCUT2D eigenvalue weighted by Gasteiger charge is -2.19. The van der Waals surface area contributed by atoms with Crippen LogP contribution in [0.15, 0.2) is 48.5 Å². The summed E-state index contributed by atoms with van der Waals surface area (Å²) in [6.07, 6.45) is -0.201. The number of aryl methyl sites for hydroxylation is 2. The molecule has 0 unspecified atom stereocenters. The van der Waals surface area contributed by atoms with Crippen molar-refractivity contribution in [2.45, 2.75) is 44.0 Å². The first kappa shape index (κ1) is 21.9. The van der Waals surface area contributed by atoms with E-state index in [-0.39, 0.29) is 11.9 Å². The molecule has 30 heavy (non-hydrogen) atoms. The Morgan fingerprint density at radius 2 is 1.40 bits per heavy atom. The van der Waals surface area contributed by atoms with E-state index in [0.29, 0.717) is 17.5 Å². The average Bonchev–Trinajstić information content (AvgIpc) is 3.07. The summed E-state index contributed by atoms with van der Waals surface area (Å²) in [5.41, 5.74) is 2.52. The van der Waals surface area contributed by atoms with Gasteiger partial charge < -0.3 is 14.2 Å². The molecule has 0 aliphatic carbocycles. The lowest BCUT2D eigenvalue weighted by Crippen LogP contribution is -2.29. The summed E-state index contributed by atoms with van der Waals surface area (Å²) in [4.78, 5) is 36.2. The highest BCUT2D eigenvalue weighted by Gasteiger charge is 2.40. The Hall–Kier alpha value is -2.80. The van der Waals surface area contributed by atoms with E-state index in [2.05, 4.69) is 0 Å². The number of thioether (sulfide) groups is 1. The van der Waals surface area contributed by atoms with Crippen molar-refractivity contribution >= 4 is 29.7 Å². The molecule has 2 aromatic carbocycles. The quantitative estimate of drug-likeness (QED) is 0.507. The van der Waals surface area contributed by atoms with Gasteiger partial charge in [0.25, 0.3) is 0 Å². The normalized spacial score (nSPS) is 20.4. The van der Waals surface area contributed by atoms with Crippen LogP contribution in [0.1, 0.15) is 45.2 Å². The molecule has 6 nitrogen and oxygen atoms in total. The lowest BCUT2D eigenvalue weighted by atomic mass is 10.1. The molecular weight excluding hydrogens is 404 g/mol. The van der Waals surface area contributed by atoms with Gasteiger partial charge in [-0.1, -0.05) is 35.4 Å². The van der Waals surface area contributed by atoms with Crippen LogP contribution >= 0.6 is 11.8 Å². The van der Waals surface area contributed by atoms with Gasteiger partial charge in [-0.15, -0.1) is 11.8 Å². The minimum Gasteiger partial charge on any atom is -0.461 e. The molecule has 0 spiro atoms. The Balaban J connectivity index is 1.65. The van der Waals surface area contributed by atoms with Gasteiger partial charge in [0, 0.05) is 13.3 Å². The SMILES string of the molecule is CC(=O)O[C@@H]1C[C@H](OC(=O)c2ccc(C)cc2)[C@@H](COC(=O)c2ccc(C)cc2)S1. The maximum absolute atomic E-state index is 12.5. The Kier molecular flexibility index (Phi) is 7.15. The van der Waals surface area contributed by atoms with Gasteiger partial charge in [-0.25, -0.2) is 9.59 Å². The number of carbonyl (C=O) groups is 3. The highest BCUT2D eigenvalue weighted by molar-refractivity contribution is 8.00. The van der Waals surface area contributed by atoms with Crippen molar-refractivity contribution in [1.82, 2.24) is 0 Å². The van der Waals surface area contributed by atoms with Crippen LogP contribution in [-0.4, -0.2) is 41.3 Å². The van der Waals surface area contributed by atoms with Crippen LogP contribution in [0.25, 0.3) is 0 Å². The largest absolute Gasteiger partial charge is 0.461 e. The molecule has 0 saturated carbocycles. The minimum atomic E-state index is -0.543. The molecule has 0 amide bonds. The predicted octanol–water partition coefficient (Wildman–Crippen LogP) is 4.08. The zero-order valence-corrected chi connectivity index (χ0v) is 17.9. The molecule has 0 aromatic heterocycles. The second-order valence-electron chi connectivity index (χ2n) is 7.22. The standard InChI is InChI=1S/C23H24O6S/c1-14-4-8-17(9-5-14)22(25)27-13-20-19(12-21(30-20)28-16(3)24)29-23(26)18-10-6-15(2)7-11-18/h4-11,19-21H,12-13H2,1-3H3/t19-,20+,21-/m0/s1. The van der Waals surface area contributed by atoms with Crippen molar-refractivity contribution in [3.8, 4) is 0 Å². The monoisotopic (exact) mass is 428 g/mol. The molecular formula is C23H24O6S. The molecule has 3 atom stereocenters. The zero-order valence-electron chi connectivity index (χ0n) is 17.1. The van der Waals surface area contributed by atoms with Crippen LogP contribution in [0.4, 0.5) is 0 Å². The third-order valence-electron chi connectivity index (χ3n) is 4.68. The molecule has 0 radical (unpaired) electrons. The molecule has 1 heterocycles. The Bertz CT molecular complexity index is 906. The number of benzene rings is 2. The Morgan fingerprint density at radius 3 is 1.93 bits per heavy atom. The number of esters is 3. The highest BCUT2D eigenvalue weighted by atomic mass is 32.2. The van der Waals surface area contributed by atoms with Crippen molar-refractivity contribution in [2.75, 3.05) is 6.61 Å². The molecule has 0 N–H and O–H groups in total.